The first-order valence-electron chi connectivity index (χ1n) is 10.5. The Morgan fingerprint density at radius 1 is 0.914 bits per heavy atom. The van der Waals surface area contributed by atoms with Gasteiger partial charge in [0.1, 0.15) is 6.07 Å². The van der Waals surface area contributed by atoms with Crippen molar-refractivity contribution in [2.45, 2.75) is 0 Å². The fourth-order valence-electron chi connectivity index (χ4n) is 3.79. The van der Waals surface area contributed by atoms with Crippen molar-refractivity contribution in [3.63, 3.8) is 0 Å². The van der Waals surface area contributed by atoms with Gasteiger partial charge in [-0.2, -0.15) is 5.26 Å². The van der Waals surface area contributed by atoms with Crippen LogP contribution in [-0.2, 0) is 0 Å². The number of benzene rings is 2. The molecule has 0 radical (unpaired) electrons. The van der Waals surface area contributed by atoms with Crippen LogP contribution in [0.2, 0.25) is 5.02 Å². The van der Waals surface area contributed by atoms with Gasteiger partial charge in [0, 0.05) is 28.5 Å². The summed E-state index contributed by atoms with van der Waals surface area (Å²) in [6.45, 7) is 0. The SMILES string of the molecule is COc1ccc(-c2nccc(-c3cccc(-c4ccc(C=O)c(OC)n4)c3Cl)c2C#N)cc1OC. The Kier molecular flexibility index (Phi) is 6.95. The molecule has 0 fully saturated rings. The normalized spacial score (nSPS) is 10.4. The second-order valence-electron chi connectivity index (χ2n) is 7.34. The third-order valence-corrected chi connectivity index (χ3v) is 5.90. The van der Waals surface area contributed by atoms with E-state index < -0.39 is 0 Å². The van der Waals surface area contributed by atoms with Crippen LogP contribution in [0.3, 0.4) is 0 Å². The molecule has 0 amide bonds. The van der Waals surface area contributed by atoms with E-state index in [1.54, 1.807) is 50.7 Å². The smallest absolute Gasteiger partial charge is 0.224 e. The summed E-state index contributed by atoms with van der Waals surface area (Å²) in [5, 5.41) is 10.5. The van der Waals surface area contributed by atoms with Gasteiger partial charge in [0.05, 0.1) is 48.9 Å². The van der Waals surface area contributed by atoms with Crippen molar-refractivity contribution in [3.05, 3.63) is 76.9 Å². The minimum Gasteiger partial charge on any atom is -0.493 e. The molecule has 0 atom stereocenters. The summed E-state index contributed by atoms with van der Waals surface area (Å²) >= 11 is 6.84. The lowest BCUT2D eigenvalue weighted by molar-refractivity contribution is 0.112. The van der Waals surface area contributed by atoms with E-state index in [1.807, 2.05) is 24.3 Å². The van der Waals surface area contributed by atoms with Gasteiger partial charge in [-0.05, 0) is 36.4 Å². The molecular formula is C27H20ClN3O4. The van der Waals surface area contributed by atoms with Crippen LogP contribution in [0.25, 0.3) is 33.6 Å². The topological polar surface area (TPSA) is 94.3 Å². The molecule has 0 spiro atoms. The zero-order chi connectivity index (χ0) is 24.9. The Labute approximate surface area is 207 Å². The molecule has 0 aliphatic heterocycles. The number of methoxy groups -OCH3 is 3. The molecule has 35 heavy (non-hydrogen) atoms. The van der Waals surface area contributed by atoms with Crippen molar-refractivity contribution in [2.75, 3.05) is 21.3 Å². The fourth-order valence-corrected chi connectivity index (χ4v) is 4.12. The Morgan fingerprint density at radius 3 is 2.37 bits per heavy atom. The van der Waals surface area contributed by atoms with Crippen LogP contribution >= 0.6 is 11.6 Å². The van der Waals surface area contributed by atoms with Crippen molar-refractivity contribution in [1.29, 1.82) is 5.26 Å². The molecule has 0 N–H and O–H groups in total. The van der Waals surface area contributed by atoms with Crippen molar-refractivity contribution >= 4 is 17.9 Å². The molecule has 7 nitrogen and oxygen atoms in total. The number of hydrogen-bond donors (Lipinski definition) is 0. The number of carbonyl (C=O) groups excluding carboxylic acids is 1. The Hall–Kier alpha value is -4.41. The molecule has 0 aliphatic carbocycles. The van der Waals surface area contributed by atoms with Gasteiger partial charge in [-0.3, -0.25) is 9.78 Å². The van der Waals surface area contributed by atoms with Crippen LogP contribution in [0.5, 0.6) is 17.4 Å². The molecule has 174 valence electrons. The average Bonchev–Trinajstić information content (AvgIpc) is 2.91. The van der Waals surface area contributed by atoms with E-state index >= 15 is 0 Å². The second kappa shape index (κ2) is 10.2. The maximum atomic E-state index is 11.2. The third kappa shape index (κ3) is 4.39. The van der Waals surface area contributed by atoms with Crippen LogP contribution in [-0.4, -0.2) is 37.6 Å². The quantitative estimate of drug-likeness (QED) is 0.303. The maximum absolute atomic E-state index is 11.2. The lowest BCUT2D eigenvalue weighted by atomic mass is 9.95. The first-order valence-corrected chi connectivity index (χ1v) is 10.8. The van der Waals surface area contributed by atoms with Crippen molar-refractivity contribution in [1.82, 2.24) is 9.97 Å². The van der Waals surface area contributed by atoms with E-state index in [0.29, 0.717) is 67.6 Å². The highest BCUT2D eigenvalue weighted by atomic mass is 35.5. The third-order valence-electron chi connectivity index (χ3n) is 5.49. The average molecular weight is 486 g/mol. The molecule has 2 aromatic carbocycles. The first-order chi connectivity index (χ1) is 17.1. The molecule has 0 bridgehead atoms. The van der Waals surface area contributed by atoms with Gasteiger partial charge in [0.15, 0.2) is 17.8 Å². The summed E-state index contributed by atoms with van der Waals surface area (Å²) in [6, 6.07) is 18.2. The largest absolute Gasteiger partial charge is 0.493 e. The zero-order valence-electron chi connectivity index (χ0n) is 19.2. The summed E-state index contributed by atoms with van der Waals surface area (Å²) < 4.78 is 16.0. The number of aromatic nitrogens is 2. The van der Waals surface area contributed by atoms with Gasteiger partial charge in [-0.15, -0.1) is 0 Å². The number of nitrogens with zero attached hydrogens (tertiary/aromatic N) is 3. The molecule has 4 rings (SSSR count). The lowest BCUT2D eigenvalue weighted by Gasteiger charge is -2.14. The van der Waals surface area contributed by atoms with E-state index in [2.05, 4.69) is 16.0 Å². The predicted octanol–water partition coefficient (Wildman–Crippen LogP) is 5.84. The van der Waals surface area contributed by atoms with Gasteiger partial charge >= 0.3 is 0 Å². The highest BCUT2D eigenvalue weighted by Crippen LogP contribution is 2.40. The van der Waals surface area contributed by atoms with E-state index in [9.17, 15) is 10.1 Å². The lowest BCUT2D eigenvalue weighted by Crippen LogP contribution is -1.98. The van der Waals surface area contributed by atoms with Gasteiger partial charge in [-0.1, -0.05) is 29.8 Å². The summed E-state index contributed by atoms with van der Waals surface area (Å²) in [5.41, 5.74) is 4.32. The van der Waals surface area contributed by atoms with Crippen molar-refractivity contribution in [3.8, 4) is 57.1 Å². The van der Waals surface area contributed by atoms with Crippen molar-refractivity contribution in [2.24, 2.45) is 0 Å². The fraction of sp³-hybridized carbons (Fsp3) is 0.111. The first kappa shape index (κ1) is 23.7. The molecular weight excluding hydrogens is 466 g/mol. The van der Waals surface area contributed by atoms with E-state index in [0.717, 1.165) is 0 Å². The van der Waals surface area contributed by atoms with Gasteiger partial charge in [0.25, 0.3) is 0 Å². The second-order valence-corrected chi connectivity index (χ2v) is 7.72. The number of aldehydes is 1. The van der Waals surface area contributed by atoms with Gasteiger partial charge in [0.2, 0.25) is 5.88 Å². The number of nitriles is 1. The molecule has 8 heteroatoms. The van der Waals surface area contributed by atoms with Gasteiger partial charge < -0.3 is 14.2 Å². The number of hydrogen-bond acceptors (Lipinski definition) is 7. The minimum absolute atomic E-state index is 0.205. The Bertz CT molecular complexity index is 1460. The van der Waals surface area contributed by atoms with Crippen LogP contribution in [0.1, 0.15) is 15.9 Å². The number of ether oxygens (including phenoxy) is 3. The van der Waals surface area contributed by atoms with Crippen LogP contribution < -0.4 is 14.2 Å². The molecule has 2 heterocycles. The molecule has 2 aromatic heterocycles. The number of rotatable bonds is 7. The van der Waals surface area contributed by atoms with Crippen LogP contribution in [0, 0.1) is 11.3 Å². The predicted molar refractivity (Wildman–Crippen MR) is 133 cm³/mol. The minimum atomic E-state index is 0.205. The van der Waals surface area contributed by atoms with Crippen LogP contribution in [0.15, 0.2) is 60.8 Å². The summed E-state index contributed by atoms with van der Waals surface area (Å²) in [4.78, 5) is 20.1. The number of halogens is 1. The maximum Gasteiger partial charge on any atom is 0.224 e. The number of pyridine rings is 2. The summed E-state index contributed by atoms with van der Waals surface area (Å²) in [5.74, 6) is 1.31. The van der Waals surface area contributed by atoms with E-state index in [4.69, 9.17) is 25.8 Å². The van der Waals surface area contributed by atoms with Gasteiger partial charge in [-0.25, -0.2) is 4.98 Å². The highest BCUT2D eigenvalue weighted by molar-refractivity contribution is 6.36. The molecule has 4 aromatic rings. The Morgan fingerprint density at radius 2 is 1.69 bits per heavy atom. The molecule has 0 unspecified atom stereocenters. The molecule has 0 saturated carbocycles. The standard InChI is InChI=1S/C27H20ClN3O4/c1-33-23-10-8-16(13-24(23)34-2)26-21(14-29)18(11-12-30-26)19-5-4-6-20(25(19)28)22-9-7-17(15-32)27(31-22)35-3/h4-13,15H,1-3H3. The summed E-state index contributed by atoms with van der Waals surface area (Å²) in [6.07, 6.45) is 2.31. The number of carbonyl (C=O) groups is 1. The molecule has 0 aliphatic rings. The van der Waals surface area contributed by atoms with E-state index in [-0.39, 0.29) is 5.88 Å². The summed E-state index contributed by atoms with van der Waals surface area (Å²) in [7, 11) is 4.55. The monoisotopic (exact) mass is 485 g/mol. The van der Waals surface area contributed by atoms with Crippen LogP contribution in [0.4, 0.5) is 0 Å². The highest BCUT2D eigenvalue weighted by Gasteiger charge is 2.19. The Balaban J connectivity index is 1.87. The zero-order valence-corrected chi connectivity index (χ0v) is 20.0. The van der Waals surface area contributed by atoms with Crippen molar-refractivity contribution < 1.29 is 19.0 Å². The van der Waals surface area contributed by atoms with E-state index in [1.165, 1.54) is 7.11 Å². The molecule has 0 saturated heterocycles.